The molecule has 0 atom stereocenters. The molecule has 0 unspecified atom stereocenters. The maximum atomic E-state index is 13.6. The number of nitrogens with zero attached hydrogens (tertiary/aromatic N) is 4. The van der Waals surface area contributed by atoms with Crippen molar-refractivity contribution in [1.82, 2.24) is 19.7 Å². The van der Waals surface area contributed by atoms with Crippen molar-refractivity contribution in [2.45, 2.75) is 6.42 Å². The molecule has 170 valence electrons. The molecule has 34 heavy (non-hydrogen) atoms. The molecule has 0 fully saturated rings. The number of benzene rings is 3. The van der Waals surface area contributed by atoms with Gasteiger partial charge in [0.2, 0.25) is 5.95 Å². The van der Waals surface area contributed by atoms with Crippen LogP contribution < -0.4 is 15.8 Å². The Bertz CT molecular complexity index is 1420. The predicted molar refractivity (Wildman–Crippen MR) is 132 cm³/mol. The molecule has 0 amide bonds. The van der Waals surface area contributed by atoms with Crippen molar-refractivity contribution < 1.29 is 9.13 Å². The van der Waals surface area contributed by atoms with Gasteiger partial charge in [-0.2, -0.15) is 4.98 Å². The number of aromatic nitrogens is 4. The molecule has 2 heterocycles. The number of halogens is 1. The van der Waals surface area contributed by atoms with Gasteiger partial charge in [0.05, 0.1) is 23.9 Å². The summed E-state index contributed by atoms with van der Waals surface area (Å²) in [5.41, 5.74) is 10.3. The summed E-state index contributed by atoms with van der Waals surface area (Å²) >= 11 is 0. The Hall–Kier alpha value is -4.46. The summed E-state index contributed by atoms with van der Waals surface area (Å²) in [6, 6.07) is 23.7. The lowest BCUT2D eigenvalue weighted by atomic mass is 10.1. The number of nitrogens with two attached hydrogens (primary N) is 1. The number of hydrogen-bond acceptors (Lipinski definition) is 6. The Balaban J connectivity index is 1.56. The summed E-state index contributed by atoms with van der Waals surface area (Å²) in [6.45, 7) is 0.646. The van der Waals surface area contributed by atoms with Gasteiger partial charge in [-0.25, -0.2) is 14.1 Å². The molecule has 0 spiro atoms. The molecule has 5 rings (SSSR count). The van der Waals surface area contributed by atoms with Crippen LogP contribution in [0, 0.1) is 5.82 Å². The Morgan fingerprint density at radius 3 is 2.38 bits per heavy atom. The minimum atomic E-state index is -0.322. The third-order valence-electron chi connectivity index (χ3n) is 5.54. The van der Waals surface area contributed by atoms with Crippen LogP contribution in [0.15, 0.2) is 78.9 Å². The monoisotopic (exact) mass is 454 g/mol. The van der Waals surface area contributed by atoms with Gasteiger partial charge in [-0.05, 0) is 60.5 Å². The summed E-state index contributed by atoms with van der Waals surface area (Å²) in [5.74, 6) is 1.24. The SMILES string of the molecule is COc1ccc(-n2nc3nc(NCCc4ccccc4)nc(-c4ccc(F)cc4)c3c2N)cc1. The molecule has 0 bridgehead atoms. The van der Waals surface area contributed by atoms with Gasteiger partial charge in [0, 0.05) is 12.1 Å². The lowest BCUT2D eigenvalue weighted by Gasteiger charge is -2.09. The number of fused-ring (bicyclic) bond motifs is 1. The van der Waals surface area contributed by atoms with E-state index in [0.29, 0.717) is 35.0 Å². The van der Waals surface area contributed by atoms with E-state index in [9.17, 15) is 4.39 Å². The Labute approximate surface area is 196 Å². The van der Waals surface area contributed by atoms with Gasteiger partial charge in [-0.15, -0.1) is 5.10 Å². The number of anilines is 2. The van der Waals surface area contributed by atoms with E-state index < -0.39 is 0 Å². The average Bonchev–Trinajstić information content (AvgIpc) is 3.21. The first-order valence-electron chi connectivity index (χ1n) is 10.9. The first-order chi connectivity index (χ1) is 16.6. The van der Waals surface area contributed by atoms with Gasteiger partial charge in [0.25, 0.3) is 0 Å². The standard InChI is InChI=1S/C26H23FN6O/c1-34-21-13-11-20(12-14-21)33-24(28)22-23(18-7-9-19(27)10-8-18)30-26(31-25(22)32-33)29-16-15-17-5-3-2-4-6-17/h2-14H,15-16,28H2,1H3,(H,29,31,32). The van der Waals surface area contributed by atoms with Crippen LogP contribution in [0.2, 0.25) is 0 Å². The quantitative estimate of drug-likeness (QED) is 0.365. The second-order valence-electron chi connectivity index (χ2n) is 7.76. The lowest BCUT2D eigenvalue weighted by molar-refractivity contribution is 0.414. The molecule has 0 radical (unpaired) electrons. The van der Waals surface area contributed by atoms with Crippen LogP contribution in [0.1, 0.15) is 5.56 Å². The Morgan fingerprint density at radius 1 is 0.941 bits per heavy atom. The smallest absolute Gasteiger partial charge is 0.225 e. The Kier molecular flexibility index (Phi) is 5.78. The number of rotatable bonds is 7. The summed E-state index contributed by atoms with van der Waals surface area (Å²) in [5, 5.41) is 8.55. The van der Waals surface area contributed by atoms with Crippen molar-refractivity contribution in [2.24, 2.45) is 0 Å². The summed E-state index contributed by atoms with van der Waals surface area (Å²) in [6.07, 6.45) is 0.816. The highest BCUT2D eigenvalue weighted by Gasteiger charge is 2.19. The normalized spacial score (nSPS) is 11.0. The van der Waals surface area contributed by atoms with Crippen LogP contribution in [-0.4, -0.2) is 33.4 Å². The van der Waals surface area contributed by atoms with Crippen molar-refractivity contribution in [3.63, 3.8) is 0 Å². The van der Waals surface area contributed by atoms with Gasteiger partial charge in [0.1, 0.15) is 17.4 Å². The zero-order chi connectivity index (χ0) is 23.5. The zero-order valence-electron chi connectivity index (χ0n) is 18.6. The second-order valence-corrected chi connectivity index (χ2v) is 7.76. The molecule has 0 aliphatic heterocycles. The van der Waals surface area contributed by atoms with Gasteiger partial charge in [-0.1, -0.05) is 30.3 Å². The van der Waals surface area contributed by atoms with E-state index in [1.54, 1.807) is 23.9 Å². The third-order valence-corrected chi connectivity index (χ3v) is 5.54. The van der Waals surface area contributed by atoms with E-state index >= 15 is 0 Å². The largest absolute Gasteiger partial charge is 0.497 e. The Morgan fingerprint density at radius 2 is 1.68 bits per heavy atom. The molecule has 3 N–H and O–H groups in total. The zero-order valence-corrected chi connectivity index (χ0v) is 18.6. The van der Waals surface area contributed by atoms with Crippen molar-refractivity contribution in [1.29, 1.82) is 0 Å². The molecule has 2 aromatic heterocycles. The lowest BCUT2D eigenvalue weighted by Crippen LogP contribution is -2.08. The molecular weight excluding hydrogens is 431 g/mol. The van der Waals surface area contributed by atoms with E-state index in [4.69, 9.17) is 15.5 Å². The first kappa shape index (κ1) is 21.4. The fraction of sp³-hybridized carbons (Fsp3) is 0.115. The maximum Gasteiger partial charge on any atom is 0.225 e. The van der Waals surface area contributed by atoms with Crippen molar-refractivity contribution >= 4 is 22.8 Å². The topological polar surface area (TPSA) is 90.9 Å². The van der Waals surface area contributed by atoms with E-state index in [1.807, 2.05) is 42.5 Å². The van der Waals surface area contributed by atoms with Crippen LogP contribution in [-0.2, 0) is 6.42 Å². The minimum absolute atomic E-state index is 0.322. The molecule has 0 aliphatic carbocycles. The average molecular weight is 455 g/mol. The van der Waals surface area contributed by atoms with E-state index in [2.05, 4.69) is 27.5 Å². The molecule has 0 aliphatic rings. The van der Waals surface area contributed by atoms with Gasteiger partial charge < -0.3 is 15.8 Å². The van der Waals surface area contributed by atoms with Crippen LogP contribution in [0.3, 0.4) is 0 Å². The number of methoxy groups -OCH3 is 1. The van der Waals surface area contributed by atoms with Crippen LogP contribution in [0.25, 0.3) is 28.0 Å². The molecule has 3 aromatic carbocycles. The molecule has 8 heteroatoms. The summed E-state index contributed by atoms with van der Waals surface area (Å²) in [4.78, 5) is 9.35. The fourth-order valence-corrected chi connectivity index (χ4v) is 3.79. The highest BCUT2D eigenvalue weighted by molar-refractivity contribution is 5.99. The second kappa shape index (κ2) is 9.19. The minimum Gasteiger partial charge on any atom is -0.497 e. The summed E-state index contributed by atoms with van der Waals surface area (Å²) < 4.78 is 20.5. The van der Waals surface area contributed by atoms with E-state index in [-0.39, 0.29) is 5.82 Å². The fourth-order valence-electron chi connectivity index (χ4n) is 3.79. The van der Waals surface area contributed by atoms with Gasteiger partial charge in [-0.3, -0.25) is 0 Å². The van der Waals surface area contributed by atoms with E-state index in [0.717, 1.165) is 23.4 Å². The molecular formula is C26H23FN6O. The van der Waals surface area contributed by atoms with Crippen molar-refractivity contribution in [2.75, 3.05) is 24.7 Å². The highest BCUT2D eigenvalue weighted by atomic mass is 19.1. The summed E-state index contributed by atoms with van der Waals surface area (Å²) in [7, 11) is 1.61. The van der Waals surface area contributed by atoms with Crippen molar-refractivity contribution in [3.05, 3.63) is 90.2 Å². The maximum absolute atomic E-state index is 13.6. The molecule has 0 saturated heterocycles. The van der Waals surface area contributed by atoms with Crippen molar-refractivity contribution in [3.8, 4) is 22.7 Å². The molecule has 5 aromatic rings. The number of ether oxygens (including phenoxy) is 1. The van der Waals surface area contributed by atoms with Crippen LogP contribution in [0.4, 0.5) is 16.2 Å². The van der Waals surface area contributed by atoms with Crippen LogP contribution >= 0.6 is 0 Å². The molecule has 7 nitrogen and oxygen atoms in total. The highest BCUT2D eigenvalue weighted by Crippen LogP contribution is 2.33. The third kappa shape index (κ3) is 4.25. The number of hydrogen-bond donors (Lipinski definition) is 2. The van der Waals surface area contributed by atoms with E-state index in [1.165, 1.54) is 17.7 Å². The number of nitrogen functional groups attached to an aromatic ring is 1. The predicted octanol–water partition coefficient (Wildman–Crippen LogP) is 4.87. The number of nitrogens with one attached hydrogen (secondary N) is 1. The van der Waals surface area contributed by atoms with Crippen LogP contribution in [0.5, 0.6) is 5.75 Å². The molecule has 0 saturated carbocycles. The first-order valence-corrected chi connectivity index (χ1v) is 10.9. The van der Waals surface area contributed by atoms with Gasteiger partial charge in [0.15, 0.2) is 5.65 Å². The van der Waals surface area contributed by atoms with Gasteiger partial charge >= 0.3 is 0 Å².